The molecule has 0 bridgehead atoms. The van der Waals surface area contributed by atoms with Gasteiger partial charge in [-0.15, -0.1) is 0 Å². The Hall–Kier alpha value is -0.810. The molecule has 0 saturated heterocycles. The first-order chi connectivity index (χ1) is 7.04. The second kappa shape index (κ2) is 3.60. The summed E-state index contributed by atoms with van der Waals surface area (Å²) in [6.07, 6.45) is -2.72. The highest BCUT2D eigenvalue weighted by molar-refractivity contribution is 5.76. The topological polar surface area (TPSA) is 26.3 Å². The van der Waals surface area contributed by atoms with Crippen molar-refractivity contribution < 1.29 is 27.1 Å². The largest absolute Gasteiger partial charge is 0.455 e. The number of ether oxygens (including phenoxy) is 1. The van der Waals surface area contributed by atoms with Crippen molar-refractivity contribution in [1.82, 2.24) is 0 Å². The Morgan fingerprint density at radius 2 is 1.88 bits per heavy atom. The van der Waals surface area contributed by atoms with E-state index in [1.54, 1.807) is 6.92 Å². The monoisotopic (exact) mass is 242 g/mol. The predicted molar refractivity (Wildman–Crippen MR) is 48.5 cm³/mol. The summed E-state index contributed by atoms with van der Waals surface area (Å²) in [6.45, 7) is 4.73. The molecular formula is C10H14F4O2. The first kappa shape index (κ1) is 13.3. The van der Waals surface area contributed by atoms with E-state index >= 15 is 0 Å². The quantitative estimate of drug-likeness (QED) is 0.561. The van der Waals surface area contributed by atoms with Gasteiger partial charge in [-0.05, 0) is 20.3 Å². The van der Waals surface area contributed by atoms with E-state index in [2.05, 4.69) is 4.74 Å². The zero-order valence-corrected chi connectivity index (χ0v) is 9.32. The molecule has 6 heteroatoms. The van der Waals surface area contributed by atoms with Crippen molar-refractivity contribution in [3.8, 4) is 0 Å². The molecule has 0 heterocycles. The SMILES string of the molecule is CCC(C)(C)C(=O)OC1CC(F)(F)C1(F)F. The number of carbonyl (C=O) groups excluding carboxylic acids is 1. The van der Waals surface area contributed by atoms with E-state index in [-0.39, 0.29) is 0 Å². The lowest BCUT2D eigenvalue weighted by molar-refractivity contribution is -0.334. The van der Waals surface area contributed by atoms with Crippen LogP contribution in [0.15, 0.2) is 0 Å². The van der Waals surface area contributed by atoms with Gasteiger partial charge in [-0.3, -0.25) is 4.79 Å². The Balaban J connectivity index is 2.63. The maximum atomic E-state index is 12.8. The number of hydrogen-bond donors (Lipinski definition) is 0. The fraction of sp³-hybridized carbons (Fsp3) is 0.900. The van der Waals surface area contributed by atoms with E-state index in [0.29, 0.717) is 6.42 Å². The Bertz CT molecular complexity index is 299. The first-order valence-corrected chi connectivity index (χ1v) is 5.01. The van der Waals surface area contributed by atoms with Crippen molar-refractivity contribution in [2.45, 2.75) is 51.6 Å². The molecule has 0 aliphatic heterocycles. The fourth-order valence-electron chi connectivity index (χ4n) is 1.15. The third-order valence-corrected chi connectivity index (χ3v) is 3.02. The van der Waals surface area contributed by atoms with Gasteiger partial charge in [0.2, 0.25) is 0 Å². The third-order valence-electron chi connectivity index (χ3n) is 3.02. The molecule has 0 aromatic heterocycles. The Labute approximate surface area is 91.0 Å². The molecule has 1 unspecified atom stereocenters. The lowest BCUT2D eigenvalue weighted by Gasteiger charge is -2.43. The summed E-state index contributed by atoms with van der Waals surface area (Å²) in [5.41, 5.74) is -0.930. The van der Waals surface area contributed by atoms with Gasteiger partial charge in [-0.1, -0.05) is 6.92 Å². The molecule has 0 amide bonds. The van der Waals surface area contributed by atoms with Gasteiger partial charge in [-0.25, -0.2) is 0 Å². The minimum atomic E-state index is -4.24. The highest BCUT2D eigenvalue weighted by Gasteiger charge is 2.74. The van der Waals surface area contributed by atoms with Gasteiger partial charge in [-0.2, -0.15) is 17.6 Å². The van der Waals surface area contributed by atoms with E-state index in [9.17, 15) is 22.4 Å². The van der Waals surface area contributed by atoms with Crippen molar-refractivity contribution in [2.24, 2.45) is 5.41 Å². The highest BCUT2D eigenvalue weighted by atomic mass is 19.3. The van der Waals surface area contributed by atoms with Gasteiger partial charge in [0.1, 0.15) is 0 Å². The minimum absolute atomic E-state index is 0.389. The summed E-state index contributed by atoms with van der Waals surface area (Å²) in [5.74, 6) is -9.17. The lowest BCUT2D eigenvalue weighted by Crippen LogP contribution is -2.64. The molecule has 16 heavy (non-hydrogen) atoms. The zero-order valence-electron chi connectivity index (χ0n) is 9.32. The second-order valence-corrected chi connectivity index (χ2v) is 4.66. The van der Waals surface area contributed by atoms with Crippen molar-refractivity contribution in [2.75, 3.05) is 0 Å². The molecule has 1 rings (SSSR count). The zero-order chi connectivity index (χ0) is 12.8. The van der Waals surface area contributed by atoms with E-state index in [0.717, 1.165) is 0 Å². The molecule has 0 spiro atoms. The molecule has 1 atom stereocenters. The average molecular weight is 242 g/mol. The molecule has 94 valence electrons. The number of rotatable bonds is 3. The molecule has 0 aromatic rings. The second-order valence-electron chi connectivity index (χ2n) is 4.66. The third kappa shape index (κ3) is 1.89. The number of carbonyl (C=O) groups is 1. The maximum Gasteiger partial charge on any atom is 0.346 e. The van der Waals surface area contributed by atoms with Crippen LogP contribution < -0.4 is 0 Å². The maximum absolute atomic E-state index is 12.8. The first-order valence-electron chi connectivity index (χ1n) is 5.01. The van der Waals surface area contributed by atoms with Crippen LogP contribution in [0.4, 0.5) is 17.6 Å². The van der Waals surface area contributed by atoms with E-state index < -0.39 is 35.8 Å². The lowest BCUT2D eigenvalue weighted by atomic mass is 9.84. The van der Waals surface area contributed by atoms with Crippen molar-refractivity contribution in [1.29, 1.82) is 0 Å². The van der Waals surface area contributed by atoms with E-state index in [1.807, 2.05) is 0 Å². The number of hydrogen-bond acceptors (Lipinski definition) is 2. The van der Waals surface area contributed by atoms with E-state index in [1.165, 1.54) is 13.8 Å². The van der Waals surface area contributed by atoms with Crippen LogP contribution in [0.2, 0.25) is 0 Å². The number of esters is 1. The average Bonchev–Trinajstić information content (AvgIpc) is 2.16. The molecule has 0 N–H and O–H groups in total. The molecular weight excluding hydrogens is 228 g/mol. The van der Waals surface area contributed by atoms with Crippen molar-refractivity contribution in [3.05, 3.63) is 0 Å². The van der Waals surface area contributed by atoms with Gasteiger partial charge < -0.3 is 4.74 Å². The normalized spacial score (nSPS) is 27.1. The standard InChI is InChI=1S/C10H14F4O2/c1-4-8(2,3)7(15)16-6-5-9(11,12)10(6,13)14/h6H,4-5H2,1-3H3. The van der Waals surface area contributed by atoms with Crippen LogP contribution in [0.5, 0.6) is 0 Å². The molecule has 1 aliphatic carbocycles. The van der Waals surface area contributed by atoms with Crippen molar-refractivity contribution >= 4 is 5.97 Å². The smallest absolute Gasteiger partial charge is 0.346 e. The fourth-order valence-corrected chi connectivity index (χ4v) is 1.15. The summed E-state index contributed by atoms with van der Waals surface area (Å²) < 4.78 is 54.9. The molecule has 1 fully saturated rings. The Morgan fingerprint density at radius 1 is 1.38 bits per heavy atom. The summed E-state index contributed by atoms with van der Waals surface area (Å²) >= 11 is 0. The van der Waals surface area contributed by atoms with Gasteiger partial charge in [0.15, 0.2) is 6.10 Å². The van der Waals surface area contributed by atoms with Crippen molar-refractivity contribution in [3.63, 3.8) is 0 Å². The highest BCUT2D eigenvalue weighted by Crippen LogP contribution is 2.52. The molecule has 1 saturated carbocycles. The van der Waals surface area contributed by atoms with Gasteiger partial charge >= 0.3 is 17.8 Å². The summed E-state index contributed by atoms with van der Waals surface area (Å²) in [5, 5.41) is 0. The van der Waals surface area contributed by atoms with Gasteiger partial charge in [0.05, 0.1) is 11.8 Å². The van der Waals surface area contributed by atoms with Crippen LogP contribution in [0, 0.1) is 5.41 Å². The van der Waals surface area contributed by atoms with Crippen LogP contribution in [0.25, 0.3) is 0 Å². The Kier molecular flexibility index (Phi) is 2.98. The molecule has 0 aromatic carbocycles. The van der Waals surface area contributed by atoms with Crippen LogP contribution >= 0.6 is 0 Å². The summed E-state index contributed by atoms with van der Waals surface area (Å²) in [4.78, 5) is 11.4. The van der Waals surface area contributed by atoms with Gasteiger partial charge in [0.25, 0.3) is 0 Å². The summed E-state index contributed by atoms with van der Waals surface area (Å²) in [6, 6.07) is 0. The predicted octanol–water partition coefficient (Wildman–Crippen LogP) is 3.01. The number of alkyl halides is 4. The van der Waals surface area contributed by atoms with Crippen LogP contribution in [-0.4, -0.2) is 23.9 Å². The van der Waals surface area contributed by atoms with Crippen LogP contribution in [-0.2, 0) is 9.53 Å². The summed E-state index contributed by atoms with van der Waals surface area (Å²) in [7, 11) is 0. The molecule has 1 aliphatic rings. The van der Waals surface area contributed by atoms with E-state index in [4.69, 9.17) is 0 Å². The minimum Gasteiger partial charge on any atom is -0.455 e. The molecule has 0 radical (unpaired) electrons. The van der Waals surface area contributed by atoms with Crippen LogP contribution in [0.1, 0.15) is 33.6 Å². The Morgan fingerprint density at radius 3 is 2.19 bits per heavy atom. The number of halogens is 4. The van der Waals surface area contributed by atoms with Crippen LogP contribution in [0.3, 0.4) is 0 Å². The molecule has 2 nitrogen and oxygen atoms in total. The van der Waals surface area contributed by atoms with Gasteiger partial charge in [0, 0.05) is 0 Å².